The van der Waals surface area contributed by atoms with Gasteiger partial charge in [-0.25, -0.2) is 8.78 Å². The molecule has 0 saturated heterocycles. The maximum atomic E-state index is 14.2. The molecule has 0 aromatic heterocycles. The SMILES string of the molecule is O=C(COCc1ccccc1)NC(c1ccc(F)cc1F)C1CC(O)C1. The van der Waals surface area contributed by atoms with E-state index in [1.165, 1.54) is 12.1 Å². The summed E-state index contributed by atoms with van der Waals surface area (Å²) in [5, 5.41) is 12.3. The number of amides is 1. The second-order valence-corrected chi connectivity index (χ2v) is 6.57. The number of aliphatic hydroxyl groups excluding tert-OH is 1. The van der Waals surface area contributed by atoms with E-state index in [0.29, 0.717) is 19.4 Å². The molecular weight excluding hydrogens is 340 g/mol. The Morgan fingerprint density at radius 1 is 1.19 bits per heavy atom. The van der Waals surface area contributed by atoms with Crippen LogP contribution in [0, 0.1) is 17.6 Å². The highest BCUT2D eigenvalue weighted by molar-refractivity contribution is 5.77. The molecule has 138 valence electrons. The molecule has 1 aliphatic carbocycles. The third-order valence-electron chi connectivity index (χ3n) is 4.58. The van der Waals surface area contributed by atoms with Crippen molar-refractivity contribution in [3.8, 4) is 0 Å². The lowest BCUT2D eigenvalue weighted by Crippen LogP contribution is -2.42. The summed E-state index contributed by atoms with van der Waals surface area (Å²) in [6.45, 7) is 0.134. The maximum Gasteiger partial charge on any atom is 0.246 e. The predicted octanol–water partition coefficient (Wildman–Crippen LogP) is 3.11. The summed E-state index contributed by atoms with van der Waals surface area (Å²) in [5.74, 6) is -1.85. The molecule has 1 aliphatic rings. The highest BCUT2D eigenvalue weighted by Crippen LogP contribution is 2.38. The molecule has 2 N–H and O–H groups in total. The van der Waals surface area contributed by atoms with E-state index in [1.54, 1.807) is 0 Å². The monoisotopic (exact) mass is 361 g/mol. The van der Waals surface area contributed by atoms with Gasteiger partial charge in [0.1, 0.15) is 18.2 Å². The number of nitrogens with one attached hydrogen (secondary N) is 1. The Morgan fingerprint density at radius 3 is 2.58 bits per heavy atom. The van der Waals surface area contributed by atoms with Crippen molar-refractivity contribution in [1.82, 2.24) is 5.32 Å². The van der Waals surface area contributed by atoms with Crippen molar-refractivity contribution in [3.63, 3.8) is 0 Å². The van der Waals surface area contributed by atoms with Crippen LogP contribution in [0.15, 0.2) is 48.5 Å². The van der Waals surface area contributed by atoms with E-state index in [0.717, 1.165) is 11.6 Å². The number of rotatable bonds is 7. The van der Waals surface area contributed by atoms with Crippen molar-refractivity contribution in [2.24, 2.45) is 5.92 Å². The van der Waals surface area contributed by atoms with E-state index in [1.807, 2.05) is 30.3 Å². The molecule has 4 nitrogen and oxygen atoms in total. The van der Waals surface area contributed by atoms with Gasteiger partial charge in [0.15, 0.2) is 0 Å². The van der Waals surface area contributed by atoms with Gasteiger partial charge in [-0.3, -0.25) is 4.79 Å². The molecule has 1 amide bonds. The zero-order valence-electron chi connectivity index (χ0n) is 14.2. The number of benzene rings is 2. The second kappa shape index (κ2) is 8.38. The topological polar surface area (TPSA) is 58.6 Å². The van der Waals surface area contributed by atoms with Crippen molar-refractivity contribution < 1.29 is 23.4 Å². The Morgan fingerprint density at radius 2 is 1.92 bits per heavy atom. The minimum atomic E-state index is -0.707. The molecule has 1 unspecified atom stereocenters. The summed E-state index contributed by atoms with van der Waals surface area (Å²) >= 11 is 0. The minimum Gasteiger partial charge on any atom is -0.393 e. The summed E-state index contributed by atoms with van der Waals surface area (Å²) in [5.41, 5.74) is 1.17. The minimum absolute atomic E-state index is 0.0944. The molecule has 1 atom stereocenters. The van der Waals surface area contributed by atoms with Crippen LogP contribution in [-0.4, -0.2) is 23.7 Å². The largest absolute Gasteiger partial charge is 0.393 e. The molecule has 0 aliphatic heterocycles. The fraction of sp³-hybridized carbons (Fsp3) is 0.350. The number of halogens is 2. The van der Waals surface area contributed by atoms with E-state index < -0.39 is 23.8 Å². The summed E-state index contributed by atoms with van der Waals surface area (Å²) in [6, 6.07) is 12.1. The molecule has 2 aromatic carbocycles. The molecule has 0 spiro atoms. The zero-order chi connectivity index (χ0) is 18.5. The Labute approximate surface area is 150 Å². The smallest absolute Gasteiger partial charge is 0.246 e. The van der Waals surface area contributed by atoms with Gasteiger partial charge in [-0.05, 0) is 30.4 Å². The lowest BCUT2D eigenvalue weighted by molar-refractivity contribution is -0.128. The molecule has 2 aromatic rings. The maximum absolute atomic E-state index is 14.2. The normalized spacial score (nSPS) is 20.3. The van der Waals surface area contributed by atoms with E-state index in [-0.39, 0.29) is 24.0 Å². The van der Waals surface area contributed by atoms with Crippen LogP contribution in [0.5, 0.6) is 0 Å². The number of hydrogen-bond acceptors (Lipinski definition) is 3. The van der Waals surface area contributed by atoms with Gasteiger partial charge in [0.25, 0.3) is 0 Å². The van der Waals surface area contributed by atoms with Crippen LogP contribution in [0.3, 0.4) is 0 Å². The van der Waals surface area contributed by atoms with Crippen molar-refractivity contribution in [2.45, 2.75) is 31.6 Å². The van der Waals surface area contributed by atoms with E-state index in [9.17, 15) is 18.7 Å². The Hall–Kier alpha value is -2.31. The quantitative estimate of drug-likeness (QED) is 0.797. The molecular formula is C20H21F2NO3. The van der Waals surface area contributed by atoms with Crippen molar-refractivity contribution in [2.75, 3.05) is 6.61 Å². The van der Waals surface area contributed by atoms with E-state index in [4.69, 9.17) is 4.74 Å². The summed E-state index contributed by atoms with van der Waals surface area (Å²) in [6.07, 6.45) is 0.483. The van der Waals surface area contributed by atoms with Crippen LogP contribution >= 0.6 is 0 Å². The zero-order valence-corrected chi connectivity index (χ0v) is 14.2. The molecule has 1 fully saturated rings. The third-order valence-corrected chi connectivity index (χ3v) is 4.58. The molecule has 6 heteroatoms. The Kier molecular flexibility index (Phi) is 5.96. The summed E-state index contributed by atoms with van der Waals surface area (Å²) in [7, 11) is 0. The van der Waals surface area contributed by atoms with Crippen LogP contribution in [0.4, 0.5) is 8.78 Å². The molecule has 0 radical (unpaired) electrons. The average molecular weight is 361 g/mol. The van der Waals surface area contributed by atoms with Gasteiger partial charge in [-0.15, -0.1) is 0 Å². The van der Waals surface area contributed by atoms with Crippen LogP contribution in [0.2, 0.25) is 0 Å². The first-order valence-electron chi connectivity index (χ1n) is 8.57. The van der Waals surface area contributed by atoms with Gasteiger partial charge in [0.2, 0.25) is 5.91 Å². The number of carbonyl (C=O) groups is 1. The standard InChI is InChI=1S/C20H21F2NO3/c21-15-6-7-17(18(22)10-15)20(14-8-16(24)9-14)23-19(25)12-26-11-13-4-2-1-3-5-13/h1-7,10,14,16,20,24H,8-9,11-12H2,(H,23,25). The molecule has 1 saturated carbocycles. The molecule has 0 heterocycles. The van der Waals surface area contributed by atoms with Crippen LogP contribution in [0.25, 0.3) is 0 Å². The Balaban J connectivity index is 1.61. The summed E-state index contributed by atoms with van der Waals surface area (Å²) in [4.78, 5) is 12.2. The molecule has 0 bridgehead atoms. The highest BCUT2D eigenvalue weighted by Gasteiger charge is 2.36. The predicted molar refractivity (Wildman–Crippen MR) is 92.1 cm³/mol. The van der Waals surface area contributed by atoms with Crippen LogP contribution < -0.4 is 5.32 Å². The van der Waals surface area contributed by atoms with Gasteiger partial charge in [-0.1, -0.05) is 36.4 Å². The van der Waals surface area contributed by atoms with Gasteiger partial charge < -0.3 is 15.2 Å². The van der Waals surface area contributed by atoms with Gasteiger partial charge in [-0.2, -0.15) is 0 Å². The van der Waals surface area contributed by atoms with E-state index >= 15 is 0 Å². The first-order valence-corrected chi connectivity index (χ1v) is 8.57. The van der Waals surface area contributed by atoms with Crippen molar-refractivity contribution in [3.05, 3.63) is 71.3 Å². The Bertz CT molecular complexity index is 748. The highest BCUT2D eigenvalue weighted by atomic mass is 19.1. The molecule has 26 heavy (non-hydrogen) atoms. The van der Waals surface area contributed by atoms with Crippen molar-refractivity contribution in [1.29, 1.82) is 0 Å². The van der Waals surface area contributed by atoms with Gasteiger partial charge in [0, 0.05) is 11.6 Å². The second-order valence-electron chi connectivity index (χ2n) is 6.57. The van der Waals surface area contributed by atoms with Crippen LogP contribution in [-0.2, 0) is 16.1 Å². The third kappa shape index (κ3) is 4.65. The van der Waals surface area contributed by atoms with Gasteiger partial charge >= 0.3 is 0 Å². The fourth-order valence-corrected chi connectivity index (χ4v) is 3.16. The average Bonchev–Trinajstić information content (AvgIpc) is 2.59. The van der Waals surface area contributed by atoms with Crippen molar-refractivity contribution >= 4 is 5.91 Å². The number of carbonyl (C=O) groups excluding carboxylic acids is 1. The number of aliphatic hydroxyl groups is 1. The van der Waals surface area contributed by atoms with Gasteiger partial charge in [0.05, 0.1) is 18.8 Å². The lowest BCUT2D eigenvalue weighted by atomic mass is 9.75. The van der Waals surface area contributed by atoms with Crippen LogP contribution in [0.1, 0.15) is 30.0 Å². The summed E-state index contributed by atoms with van der Waals surface area (Å²) < 4.78 is 32.7. The lowest BCUT2D eigenvalue weighted by Gasteiger charge is -2.38. The molecule has 3 rings (SSSR count). The fourth-order valence-electron chi connectivity index (χ4n) is 3.16. The first-order chi connectivity index (χ1) is 12.5. The number of ether oxygens (including phenoxy) is 1. The first kappa shape index (κ1) is 18.5. The van der Waals surface area contributed by atoms with E-state index in [2.05, 4.69) is 5.32 Å². The number of hydrogen-bond donors (Lipinski definition) is 2.